The van der Waals surface area contributed by atoms with E-state index in [4.69, 9.17) is 11.0 Å². The standard InChI is InChI=1S/C8H14N10O2S/c9-17-7-14-6(12-2-1-3-21(10,19)20)15-8(16-7)18-5-11-4-13-18/h4-5H,1-3,9H2,(H2,10,19,20)(H2,12,14,15,16,17). The molecule has 0 atom stereocenters. The van der Waals surface area contributed by atoms with Gasteiger partial charge in [0.2, 0.25) is 21.9 Å². The molecule has 0 spiro atoms. The van der Waals surface area contributed by atoms with Gasteiger partial charge in [0.05, 0.1) is 5.75 Å². The Balaban J connectivity index is 2.07. The number of primary sulfonamides is 1. The molecule has 2 aromatic heterocycles. The van der Waals surface area contributed by atoms with Gasteiger partial charge in [0.1, 0.15) is 12.7 Å². The van der Waals surface area contributed by atoms with Gasteiger partial charge in [0, 0.05) is 6.54 Å². The minimum atomic E-state index is -3.48. The lowest BCUT2D eigenvalue weighted by molar-refractivity contribution is 0.595. The van der Waals surface area contributed by atoms with Crippen LogP contribution in [-0.4, -0.2) is 50.4 Å². The number of hydrazine groups is 1. The number of nitrogens with two attached hydrogens (primary N) is 2. The molecule has 2 rings (SSSR count). The molecule has 0 aliphatic heterocycles. The van der Waals surface area contributed by atoms with E-state index in [-0.39, 0.29) is 23.6 Å². The van der Waals surface area contributed by atoms with Crippen molar-refractivity contribution in [1.29, 1.82) is 0 Å². The quantitative estimate of drug-likeness (QED) is 0.249. The van der Waals surface area contributed by atoms with Gasteiger partial charge in [-0.1, -0.05) is 0 Å². The van der Waals surface area contributed by atoms with Gasteiger partial charge in [-0.3, -0.25) is 5.43 Å². The lowest BCUT2D eigenvalue weighted by Crippen LogP contribution is -2.20. The molecule has 2 heterocycles. The van der Waals surface area contributed by atoms with Gasteiger partial charge >= 0.3 is 0 Å². The van der Waals surface area contributed by atoms with E-state index in [2.05, 4.69) is 35.8 Å². The fraction of sp³-hybridized carbons (Fsp3) is 0.375. The second kappa shape index (κ2) is 6.38. The highest BCUT2D eigenvalue weighted by molar-refractivity contribution is 7.89. The molecule has 13 heteroatoms. The SMILES string of the molecule is NNc1nc(NCCCS(N)(=O)=O)nc(-n2cncn2)n1. The van der Waals surface area contributed by atoms with E-state index in [1.54, 1.807) is 0 Å². The summed E-state index contributed by atoms with van der Waals surface area (Å²) >= 11 is 0. The van der Waals surface area contributed by atoms with Crippen LogP contribution >= 0.6 is 0 Å². The zero-order valence-corrected chi connectivity index (χ0v) is 11.7. The van der Waals surface area contributed by atoms with Gasteiger partial charge in [0.25, 0.3) is 5.95 Å². The maximum absolute atomic E-state index is 10.8. The highest BCUT2D eigenvalue weighted by atomic mass is 32.2. The minimum Gasteiger partial charge on any atom is -0.354 e. The minimum absolute atomic E-state index is 0.129. The van der Waals surface area contributed by atoms with E-state index in [1.807, 2.05) is 0 Å². The maximum Gasteiger partial charge on any atom is 0.258 e. The molecule has 0 unspecified atom stereocenters. The van der Waals surface area contributed by atoms with Crippen LogP contribution in [0.5, 0.6) is 0 Å². The van der Waals surface area contributed by atoms with Crippen molar-refractivity contribution in [3.8, 4) is 5.95 Å². The molecule has 0 aromatic carbocycles. The Kier molecular flexibility index (Phi) is 4.56. The molecule has 12 nitrogen and oxygen atoms in total. The molecule has 6 N–H and O–H groups in total. The molecular weight excluding hydrogens is 300 g/mol. The zero-order valence-electron chi connectivity index (χ0n) is 10.8. The van der Waals surface area contributed by atoms with Crippen molar-refractivity contribution >= 4 is 21.9 Å². The Morgan fingerprint density at radius 3 is 2.62 bits per heavy atom. The molecule has 0 fully saturated rings. The van der Waals surface area contributed by atoms with Gasteiger partial charge < -0.3 is 5.32 Å². The molecule has 2 aromatic rings. The van der Waals surface area contributed by atoms with Crippen molar-refractivity contribution in [2.45, 2.75) is 6.42 Å². The van der Waals surface area contributed by atoms with Crippen molar-refractivity contribution in [3.05, 3.63) is 12.7 Å². The molecule has 0 aliphatic carbocycles. The highest BCUT2D eigenvalue weighted by Crippen LogP contribution is 2.07. The summed E-state index contributed by atoms with van der Waals surface area (Å²) in [4.78, 5) is 15.9. The summed E-state index contributed by atoms with van der Waals surface area (Å²) in [6, 6.07) is 0. The van der Waals surface area contributed by atoms with E-state index in [0.29, 0.717) is 13.0 Å². The number of sulfonamides is 1. The summed E-state index contributed by atoms with van der Waals surface area (Å²) in [5.74, 6) is 5.71. The lowest BCUT2D eigenvalue weighted by Gasteiger charge is -2.07. The first kappa shape index (κ1) is 15.0. The monoisotopic (exact) mass is 314 g/mol. The summed E-state index contributed by atoms with van der Waals surface area (Å²) in [5.41, 5.74) is 2.30. The summed E-state index contributed by atoms with van der Waals surface area (Å²) < 4.78 is 23.0. The van der Waals surface area contributed by atoms with E-state index in [9.17, 15) is 8.42 Å². The molecule has 21 heavy (non-hydrogen) atoms. The van der Waals surface area contributed by atoms with Crippen molar-refractivity contribution in [3.63, 3.8) is 0 Å². The van der Waals surface area contributed by atoms with Crippen LogP contribution in [0.3, 0.4) is 0 Å². The highest BCUT2D eigenvalue weighted by Gasteiger charge is 2.08. The molecule has 114 valence electrons. The van der Waals surface area contributed by atoms with E-state index in [1.165, 1.54) is 17.3 Å². The van der Waals surface area contributed by atoms with Crippen LogP contribution in [0.4, 0.5) is 11.9 Å². The van der Waals surface area contributed by atoms with Crippen LogP contribution in [0.2, 0.25) is 0 Å². The average Bonchev–Trinajstić information content (AvgIpc) is 2.96. The van der Waals surface area contributed by atoms with Crippen LogP contribution in [-0.2, 0) is 10.0 Å². The summed E-state index contributed by atoms with van der Waals surface area (Å²) in [6.45, 7) is 0.321. The lowest BCUT2D eigenvalue weighted by atomic mass is 10.5. The summed E-state index contributed by atoms with van der Waals surface area (Å²) in [5, 5.41) is 11.7. The molecule has 0 aliphatic rings. The van der Waals surface area contributed by atoms with Gasteiger partial charge in [-0.25, -0.2) is 24.4 Å². The van der Waals surface area contributed by atoms with Crippen LogP contribution in [0.25, 0.3) is 5.95 Å². The van der Waals surface area contributed by atoms with Gasteiger partial charge in [0.15, 0.2) is 0 Å². The van der Waals surface area contributed by atoms with Crippen molar-refractivity contribution in [1.82, 2.24) is 29.7 Å². The summed E-state index contributed by atoms with van der Waals surface area (Å²) in [7, 11) is -3.48. The van der Waals surface area contributed by atoms with E-state index < -0.39 is 10.0 Å². The van der Waals surface area contributed by atoms with Crippen LogP contribution < -0.4 is 21.7 Å². The fourth-order valence-corrected chi connectivity index (χ4v) is 1.94. The van der Waals surface area contributed by atoms with Crippen LogP contribution in [0.15, 0.2) is 12.7 Å². The number of rotatable bonds is 7. The molecule has 0 saturated heterocycles. The zero-order chi connectivity index (χ0) is 15.3. The van der Waals surface area contributed by atoms with Gasteiger partial charge in [-0.2, -0.15) is 24.7 Å². The number of hydrogen-bond donors (Lipinski definition) is 4. The molecule has 0 saturated carbocycles. The second-order valence-corrected chi connectivity index (χ2v) is 5.65. The molecule has 0 amide bonds. The third-order valence-electron chi connectivity index (χ3n) is 2.27. The summed E-state index contributed by atoms with van der Waals surface area (Å²) in [6.07, 6.45) is 3.06. The second-order valence-electron chi connectivity index (χ2n) is 3.91. The first-order chi connectivity index (χ1) is 9.98. The normalized spacial score (nSPS) is 11.3. The Hall–Kier alpha value is -2.38. The van der Waals surface area contributed by atoms with Crippen molar-refractivity contribution in [2.75, 3.05) is 23.0 Å². The third kappa shape index (κ3) is 4.59. The Morgan fingerprint density at radius 2 is 2.00 bits per heavy atom. The van der Waals surface area contributed by atoms with Crippen molar-refractivity contribution in [2.24, 2.45) is 11.0 Å². The predicted molar refractivity (Wildman–Crippen MR) is 73.6 cm³/mol. The third-order valence-corrected chi connectivity index (χ3v) is 3.12. The molecular formula is C8H14N10O2S. The number of nitrogens with one attached hydrogen (secondary N) is 2. The van der Waals surface area contributed by atoms with Gasteiger partial charge in [-0.15, -0.1) is 0 Å². The van der Waals surface area contributed by atoms with Crippen LogP contribution in [0.1, 0.15) is 6.42 Å². The van der Waals surface area contributed by atoms with Crippen molar-refractivity contribution < 1.29 is 8.42 Å². The number of hydrogen-bond acceptors (Lipinski definition) is 10. The largest absolute Gasteiger partial charge is 0.354 e. The Labute approximate surface area is 120 Å². The molecule has 0 bridgehead atoms. The Bertz CT molecular complexity index is 685. The fourth-order valence-electron chi connectivity index (χ4n) is 1.40. The molecule has 0 radical (unpaired) electrons. The first-order valence-electron chi connectivity index (χ1n) is 5.80. The van der Waals surface area contributed by atoms with Crippen LogP contribution in [0, 0.1) is 0 Å². The number of anilines is 2. The predicted octanol–water partition coefficient (Wildman–Crippen LogP) is -2.17. The topological polar surface area (TPSA) is 180 Å². The maximum atomic E-state index is 10.8. The number of aromatic nitrogens is 6. The van der Waals surface area contributed by atoms with E-state index in [0.717, 1.165) is 0 Å². The average molecular weight is 314 g/mol. The van der Waals surface area contributed by atoms with Gasteiger partial charge in [-0.05, 0) is 6.42 Å². The Morgan fingerprint density at radius 1 is 1.24 bits per heavy atom. The smallest absolute Gasteiger partial charge is 0.258 e. The number of nitrogen functional groups attached to an aromatic ring is 1. The first-order valence-corrected chi connectivity index (χ1v) is 7.51. The number of nitrogens with zero attached hydrogens (tertiary/aromatic N) is 6. The van der Waals surface area contributed by atoms with E-state index >= 15 is 0 Å².